The SMILES string of the molecule is Cl.O=C(c1ccn(C2CCCNC2)n1)N1CCc2ccc(O)cc2C1. The molecule has 0 saturated carbocycles. The summed E-state index contributed by atoms with van der Waals surface area (Å²) in [4.78, 5) is 14.6. The van der Waals surface area contributed by atoms with Crippen LogP contribution in [0.4, 0.5) is 0 Å². The number of carbonyl (C=O) groups is 1. The Morgan fingerprint density at radius 3 is 2.96 bits per heavy atom. The van der Waals surface area contributed by atoms with Gasteiger partial charge in [0.05, 0.1) is 6.04 Å². The number of carbonyl (C=O) groups excluding carboxylic acids is 1. The lowest BCUT2D eigenvalue weighted by Crippen LogP contribution is -2.36. The Balaban J connectivity index is 0.00000182. The first kappa shape index (κ1) is 17.8. The molecule has 7 heteroatoms. The summed E-state index contributed by atoms with van der Waals surface area (Å²) in [6.07, 6.45) is 4.96. The van der Waals surface area contributed by atoms with Crippen LogP contribution in [0.3, 0.4) is 0 Å². The summed E-state index contributed by atoms with van der Waals surface area (Å²) in [6, 6.07) is 7.54. The second-order valence-corrected chi connectivity index (χ2v) is 6.61. The molecule has 1 saturated heterocycles. The van der Waals surface area contributed by atoms with E-state index in [-0.39, 0.29) is 24.1 Å². The highest BCUT2D eigenvalue weighted by Crippen LogP contribution is 2.24. The topological polar surface area (TPSA) is 70.4 Å². The first-order valence-electron chi connectivity index (χ1n) is 8.56. The zero-order chi connectivity index (χ0) is 16.5. The van der Waals surface area contributed by atoms with Crippen molar-refractivity contribution < 1.29 is 9.90 Å². The standard InChI is InChI=1S/C18H22N4O2.ClH/c23-16-4-3-13-5-8-21(12-14(13)10-16)18(24)17-6-9-22(20-17)15-2-1-7-19-11-15;/h3-4,6,9-10,15,19,23H,1-2,5,7-8,11-12H2;1H. The number of hydrogen-bond acceptors (Lipinski definition) is 4. The van der Waals surface area contributed by atoms with Crippen molar-refractivity contribution in [3.05, 3.63) is 47.3 Å². The van der Waals surface area contributed by atoms with Crippen LogP contribution in [0.15, 0.2) is 30.5 Å². The second kappa shape index (κ2) is 7.45. The van der Waals surface area contributed by atoms with Crippen molar-refractivity contribution in [2.24, 2.45) is 0 Å². The van der Waals surface area contributed by atoms with Gasteiger partial charge in [0.1, 0.15) is 11.4 Å². The molecule has 2 aliphatic heterocycles. The number of benzene rings is 1. The largest absolute Gasteiger partial charge is 0.508 e. The molecule has 1 atom stereocenters. The van der Waals surface area contributed by atoms with Crippen LogP contribution in [-0.4, -0.2) is 45.3 Å². The Labute approximate surface area is 153 Å². The van der Waals surface area contributed by atoms with Crippen molar-refractivity contribution in [1.29, 1.82) is 0 Å². The molecule has 4 rings (SSSR count). The van der Waals surface area contributed by atoms with Gasteiger partial charge < -0.3 is 15.3 Å². The maximum absolute atomic E-state index is 12.8. The van der Waals surface area contributed by atoms with Crippen molar-refractivity contribution in [2.45, 2.75) is 31.8 Å². The number of piperidine rings is 1. The molecule has 1 amide bonds. The second-order valence-electron chi connectivity index (χ2n) is 6.61. The average Bonchev–Trinajstić information content (AvgIpc) is 3.11. The lowest BCUT2D eigenvalue weighted by Gasteiger charge is -2.28. The molecule has 1 aromatic carbocycles. The van der Waals surface area contributed by atoms with Gasteiger partial charge in [0, 0.05) is 25.8 Å². The monoisotopic (exact) mass is 362 g/mol. The molecule has 2 N–H and O–H groups in total. The summed E-state index contributed by atoms with van der Waals surface area (Å²) in [7, 11) is 0. The zero-order valence-corrected chi connectivity index (χ0v) is 14.8. The Bertz CT molecular complexity index is 755. The summed E-state index contributed by atoms with van der Waals surface area (Å²) in [5.41, 5.74) is 2.73. The first-order valence-corrected chi connectivity index (χ1v) is 8.56. The van der Waals surface area contributed by atoms with E-state index in [1.54, 1.807) is 12.1 Å². The van der Waals surface area contributed by atoms with Crippen LogP contribution >= 0.6 is 12.4 Å². The van der Waals surface area contributed by atoms with Crippen molar-refractivity contribution in [1.82, 2.24) is 20.0 Å². The van der Waals surface area contributed by atoms with E-state index in [4.69, 9.17) is 0 Å². The fourth-order valence-corrected chi connectivity index (χ4v) is 3.59. The van der Waals surface area contributed by atoms with E-state index in [9.17, 15) is 9.90 Å². The summed E-state index contributed by atoms with van der Waals surface area (Å²) in [5, 5.41) is 17.5. The molecule has 3 heterocycles. The molecule has 1 aromatic heterocycles. The summed E-state index contributed by atoms with van der Waals surface area (Å²) in [5.74, 6) is 0.212. The van der Waals surface area contributed by atoms with Gasteiger partial charge in [-0.1, -0.05) is 6.07 Å². The van der Waals surface area contributed by atoms with Crippen molar-refractivity contribution in [2.75, 3.05) is 19.6 Å². The van der Waals surface area contributed by atoms with Crippen LogP contribution in [0.25, 0.3) is 0 Å². The minimum absolute atomic E-state index is 0. The lowest BCUT2D eigenvalue weighted by molar-refractivity contribution is 0.0727. The van der Waals surface area contributed by atoms with Gasteiger partial charge in [0.2, 0.25) is 0 Å². The number of nitrogens with one attached hydrogen (secondary N) is 1. The molecule has 0 bridgehead atoms. The van der Waals surface area contributed by atoms with Gasteiger partial charge in [-0.05, 0) is 55.1 Å². The first-order chi connectivity index (χ1) is 11.7. The van der Waals surface area contributed by atoms with E-state index in [0.717, 1.165) is 37.9 Å². The van der Waals surface area contributed by atoms with Crippen LogP contribution in [0.5, 0.6) is 5.75 Å². The number of nitrogens with zero attached hydrogens (tertiary/aromatic N) is 3. The van der Waals surface area contributed by atoms with E-state index in [1.807, 2.05) is 27.9 Å². The Morgan fingerprint density at radius 1 is 1.28 bits per heavy atom. The van der Waals surface area contributed by atoms with E-state index < -0.39 is 0 Å². The number of rotatable bonds is 2. The van der Waals surface area contributed by atoms with Gasteiger partial charge in [-0.3, -0.25) is 9.48 Å². The predicted octanol–water partition coefficient (Wildman–Crippen LogP) is 2.13. The molecular formula is C18H23ClN4O2. The van der Waals surface area contributed by atoms with E-state index in [1.165, 1.54) is 5.56 Å². The number of phenolic OH excluding ortho intramolecular Hbond substituents is 1. The summed E-state index contributed by atoms with van der Waals surface area (Å²) in [6.45, 7) is 3.18. The van der Waals surface area contributed by atoms with Crippen LogP contribution in [0.2, 0.25) is 0 Å². The van der Waals surface area contributed by atoms with Gasteiger partial charge in [0.25, 0.3) is 5.91 Å². The summed E-state index contributed by atoms with van der Waals surface area (Å²) < 4.78 is 1.92. The van der Waals surface area contributed by atoms with E-state index in [2.05, 4.69) is 10.4 Å². The number of aromatic nitrogens is 2. The van der Waals surface area contributed by atoms with Crippen molar-refractivity contribution in [3.8, 4) is 5.75 Å². The third-order valence-electron chi connectivity index (χ3n) is 4.96. The predicted molar refractivity (Wildman–Crippen MR) is 97.2 cm³/mol. The van der Waals surface area contributed by atoms with E-state index in [0.29, 0.717) is 24.8 Å². The van der Waals surface area contributed by atoms with Crippen LogP contribution in [0.1, 0.15) is 40.5 Å². The number of amides is 1. The molecule has 25 heavy (non-hydrogen) atoms. The molecule has 2 aromatic rings. The third kappa shape index (κ3) is 3.65. The molecule has 6 nitrogen and oxygen atoms in total. The minimum Gasteiger partial charge on any atom is -0.508 e. The van der Waals surface area contributed by atoms with Gasteiger partial charge in [-0.15, -0.1) is 12.4 Å². The molecular weight excluding hydrogens is 340 g/mol. The molecule has 0 radical (unpaired) electrons. The maximum Gasteiger partial charge on any atom is 0.274 e. The normalized spacial score (nSPS) is 19.8. The highest BCUT2D eigenvalue weighted by atomic mass is 35.5. The van der Waals surface area contributed by atoms with Gasteiger partial charge in [-0.2, -0.15) is 5.10 Å². The Kier molecular flexibility index (Phi) is 5.30. The van der Waals surface area contributed by atoms with E-state index >= 15 is 0 Å². The van der Waals surface area contributed by atoms with Crippen molar-refractivity contribution in [3.63, 3.8) is 0 Å². The quantitative estimate of drug-likeness (QED) is 0.858. The Hall–Kier alpha value is -2.05. The average molecular weight is 363 g/mol. The molecule has 0 spiro atoms. The van der Waals surface area contributed by atoms with Gasteiger partial charge in [-0.25, -0.2) is 0 Å². The van der Waals surface area contributed by atoms with Crippen molar-refractivity contribution >= 4 is 18.3 Å². The number of fused-ring (bicyclic) bond motifs is 1. The number of phenols is 1. The molecule has 1 fully saturated rings. The fraction of sp³-hybridized carbons (Fsp3) is 0.444. The highest BCUT2D eigenvalue weighted by molar-refractivity contribution is 5.92. The molecule has 134 valence electrons. The smallest absolute Gasteiger partial charge is 0.274 e. The third-order valence-corrected chi connectivity index (χ3v) is 4.96. The highest BCUT2D eigenvalue weighted by Gasteiger charge is 2.24. The van der Waals surface area contributed by atoms with Gasteiger partial charge >= 0.3 is 0 Å². The zero-order valence-electron chi connectivity index (χ0n) is 14.0. The molecule has 2 aliphatic rings. The molecule has 0 aliphatic carbocycles. The maximum atomic E-state index is 12.8. The number of aromatic hydroxyl groups is 1. The number of hydrogen-bond donors (Lipinski definition) is 2. The lowest BCUT2D eigenvalue weighted by atomic mass is 9.99. The summed E-state index contributed by atoms with van der Waals surface area (Å²) >= 11 is 0. The van der Waals surface area contributed by atoms with Gasteiger partial charge in [0.15, 0.2) is 0 Å². The van der Waals surface area contributed by atoms with Crippen LogP contribution in [-0.2, 0) is 13.0 Å². The fourth-order valence-electron chi connectivity index (χ4n) is 3.59. The minimum atomic E-state index is -0.0356. The number of halogens is 1. The Morgan fingerprint density at radius 2 is 2.16 bits per heavy atom. The van der Waals surface area contributed by atoms with Crippen LogP contribution < -0.4 is 5.32 Å². The van der Waals surface area contributed by atoms with Crippen LogP contribution in [0, 0.1) is 0 Å². The molecule has 1 unspecified atom stereocenters.